The first kappa shape index (κ1) is 21.0. The molecule has 3 aromatic rings. The average molecular weight is 536 g/mol. The third kappa shape index (κ3) is 4.00. The third-order valence-electron chi connectivity index (χ3n) is 5.21. The smallest absolute Gasteiger partial charge is 0.263 e. The van der Waals surface area contributed by atoms with Crippen molar-refractivity contribution in [1.29, 1.82) is 0 Å². The van der Waals surface area contributed by atoms with Gasteiger partial charge in [-0.25, -0.2) is 0 Å². The standard InChI is InChI=1S/C21H21IN4O3S/c1-12-8-16-13(4-3-5-18(16)26(12)30-22)10-25-11-14(19(27)24-15-6-7-15)9-17(21(25)29)20(28)23-2/h3-5,8-9,11,15H,6-7,10H2,1-2H3,(H,23,28)(H,24,27). The highest BCUT2D eigenvalue weighted by atomic mass is 127. The van der Waals surface area contributed by atoms with Crippen LogP contribution in [0.4, 0.5) is 0 Å². The normalized spacial score (nSPS) is 13.4. The summed E-state index contributed by atoms with van der Waals surface area (Å²) in [6.07, 6.45) is 3.46. The van der Waals surface area contributed by atoms with E-state index in [0.29, 0.717) is 5.56 Å². The molecule has 1 aliphatic rings. The molecule has 1 aliphatic carbocycles. The molecule has 2 aromatic heterocycles. The lowest BCUT2D eigenvalue weighted by atomic mass is 10.1. The number of nitrogens with one attached hydrogen (secondary N) is 2. The van der Waals surface area contributed by atoms with E-state index in [-0.39, 0.29) is 24.1 Å². The van der Waals surface area contributed by atoms with Crippen molar-refractivity contribution < 1.29 is 9.59 Å². The zero-order chi connectivity index (χ0) is 21.4. The zero-order valence-corrected chi connectivity index (χ0v) is 19.5. The van der Waals surface area contributed by atoms with Gasteiger partial charge in [0.25, 0.3) is 17.4 Å². The van der Waals surface area contributed by atoms with E-state index < -0.39 is 11.5 Å². The third-order valence-corrected chi connectivity index (χ3v) is 7.01. The minimum atomic E-state index is -0.503. The molecule has 0 bridgehead atoms. The van der Waals surface area contributed by atoms with Gasteiger partial charge in [-0.15, -0.1) is 0 Å². The van der Waals surface area contributed by atoms with Crippen molar-refractivity contribution in [2.24, 2.45) is 0 Å². The van der Waals surface area contributed by atoms with Crippen LogP contribution in [0.5, 0.6) is 0 Å². The number of hydrogen-bond acceptors (Lipinski definition) is 4. The Morgan fingerprint density at radius 3 is 2.67 bits per heavy atom. The summed E-state index contributed by atoms with van der Waals surface area (Å²) in [5, 5.41) is 6.45. The van der Waals surface area contributed by atoms with Crippen molar-refractivity contribution in [1.82, 2.24) is 19.2 Å². The number of hydrogen-bond donors (Lipinski definition) is 2. The van der Waals surface area contributed by atoms with Crippen LogP contribution in [0.2, 0.25) is 0 Å². The monoisotopic (exact) mass is 536 g/mol. The fourth-order valence-corrected chi connectivity index (χ4v) is 5.45. The number of fused-ring (bicyclic) bond motifs is 1. The highest BCUT2D eigenvalue weighted by Crippen LogP contribution is 2.30. The van der Waals surface area contributed by atoms with E-state index in [4.69, 9.17) is 0 Å². The Kier molecular flexibility index (Phi) is 5.92. The second kappa shape index (κ2) is 8.46. The number of amides is 2. The number of rotatable bonds is 6. The van der Waals surface area contributed by atoms with Crippen molar-refractivity contribution in [2.45, 2.75) is 32.4 Å². The van der Waals surface area contributed by atoms with Gasteiger partial charge in [0.05, 0.1) is 17.6 Å². The Morgan fingerprint density at radius 2 is 2.00 bits per heavy atom. The van der Waals surface area contributed by atoms with Crippen LogP contribution in [0.3, 0.4) is 0 Å². The van der Waals surface area contributed by atoms with Gasteiger partial charge in [-0.2, -0.15) is 0 Å². The molecule has 1 saturated carbocycles. The Bertz CT molecular complexity index is 1210. The molecule has 0 atom stereocenters. The van der Waals surface area contributed by atoms with E-state index in [2.05, 4.69) is 41.9 Å². The molecule has 30 heavy (non-hydrogen) atoms. The van der Waals surface area contributed by atoms with Crippen molar-refractivity contribution in [3.63, 3.8) is 0 Å². The van der Waals surface area contributed by atoms with Crippen LogP contribution < -0.4 is 16.2 Å². The maximum atomic E-state index is 13.0. The molecule has 7 nitrogen and oxygen atoms in total. The van der Waals surface area contributed by atoms with Crippen LogP contribution in [0.25, 0.3) is 10.9 Å². The molecule has 2 amide bonds. The molecule has 0 saturated heterocycles. The fraction of sp³-hybridized carbons (Fsp3) is 0.286. The van der Waals surface area contributed by atoms with Crippen molar-refractivity contribution in [3.8, 4) is 0 Å². The summed E-state index contributed by atoms with van der Waals surface area (Å²) in [6, 6.07) is 9.61. The van der Waals surface area contributed by atoms with Gasteiger partial charge in [0.2, 0.25) is 0 Å². The topological polar surface area (TPSA) is 85.1 Å². The number of carbonyl (C=O) groups is 2. The number of carbonyl (C=O) groups excluding carboxylic acids is 2. The zero-order valence-electron chi connectivity index (χ0n) is 16.6. The lowest BCUT2D eigenvalue weighted by Crippen LogP contribution is -2.34. The minimum absolute atomic E-state index is 0.0373. The summed E-state index contributed by atoms with van der Waals surface area (Å²) in [6.45, 7) is 2.30. The fourth-order valence-electron chi connectivity index (χ4n) is 3.48. The van der Waals surface area contributed by atoms with Gasteiger partial charge in [-0.3, -0.25) is 18.4 Å². The molecule has 1 aromatic carbocycles. The lowest BCUT2D eigenvalue weighted by molar-refractivity contribution is 0.0950. The first-order valence-corrected chi connectivity index (χ1v) is 12.9. The molecule has 156 valence electrons. The molecule has 2 N–H and O–H groups in total. The molecule has 9 heteroatoms. The minimum Gasteiger partial charge on any atom is -0.355 e. The molecular formula is C21H21IN4O3S. The van der Waals surface area contributed by atoms with Crippen LogP contribution in [-0.2, 0) is 6.54 Å². The first-order chi connectivity index (χ1) is 14.4. The number of pyridine rings is 1. The highest BCUT2D eigenvalue weighted by molar-refractivity contribution is 14.2. The SMILES string of the molecule is CNC(=O)c1cc(C(=O)NC2CC2)cn(Cc2cccc3c2cc(C)n3SI)c1=O. The summed E-state index contributed by atoms with van der Waals surface area (Å²) >= 11 is 2.24. The molecule has 1 fully saturated rings. The first-order valence-electron chi connectivity index (χ1n) is 9.59. The second-order valence-corrected chi connectivity index (χ2v) is 9.09. The van der Waals surface area contributed by atoms with Crippen LogP contribution in [0.15, 0.2) is 41.3 Å². The van der Waals surface area contributed by atoms with Gasteiger partial charge in [0.1, 0.15) is 5.56 Å². The largest absolute Gasteiger partial charge is 0.355 e. The van der Waals surface area contributed by atoms with Crippen molar-refractivity contribution in [2.75, 3.05) is 7.05 Å². The van der Waals surface area contributed by atoms with Gasteiger partial charge in [0.15, 0.2) is 0 Å². The summed E-state index contributed by atoms with van der Waals surface area (Å²) in [5.41, 5.74) is 2.96. The number of benzene rings is 1. The van der Waals surface area contributed by atoms with E-state index in [0.717, 1.165) is 35.0 Å². The molecule has 4 rings (SSSR count). The predicted octanol–water partition coefficient (Wildman–Crippen LogP) is 3.26. The summed E-state index contributed by atoms with van der Waals surface area (Å²) in [5.74, 6) is -0.769. The van der Waals surface area contributed by atoms with E-state index in [1.807, 2.05) is 25.1 Å². The maximum Gasteiger partial charge on any atom is 0.263 e. The Hall–Kier alpha value is -2.27. The van der Waals surface area contributed by atoms with Crippen LogP contribution in [0, 0.1) is 6.92 Å². The Balaban J connectivity index is 1.80. The van der Waals surface area contributed by atoms with E-state index in [1.54, 1.807) is 15.3 Å². The van der Waals surface area contributed by atoms with Crippen LogP contribution in [-0.4, -0.2) is 33.4 Å². The highest BCUT2D eigenvalue weighted by Gasteiger charge is 2.25. The van der Waals surface area contributed by atoms with Crippen LogP contribution >= 0.6 is 30.3 Å². The lowest BCUT2D eigenvalue weighted by Gasteiger charge is -2.12. The predicted molar refractivity (Wildman–Crippen MR) is 127 cm³/mol. The van der Waals surface area contributed by atoms with Gasteiger partial charge in [0, 0.05) is 60.7 Å². The number of nitrogens with zero attached hydrogens (tertiary/aromatic N) is 2. The summed E-state index contributed by atoms with van der Waals surface area (Å²) < 4.78 is 3.57. The molecule has 0 aliphatic heterocycles. The maximum absolute atomic E-state index is 13.0. The van der Waals surface area contributed by atoms with Gasteiger partial charge < -0.3 is 15.2 Å². The number of aryl methyl sites for hydroxylation is 1. The summed E-state index contributed by atoms with van der Waals surface area (Å²) in [7, 11) is 3.06. The second-order valence-electron chi connectivity index (χ2n) is 7.40. The van der Waals surface area contributed by atoms with Crippen molar-refractivity contribution in [3.05, 3.63) is 69.3 Å². The molecule has 0 unspecified atom stereocenters. The molecule has 2 heterocycles. The van der Waals surface area contributed by atoms with Gasteiger partial charge >= 0.3 is 0 Å². The van der Waals surface area contributed by atoms with E-state index in [9.17, 15) is 14.4 Å². The average Bonchev–Trinajstić information content (AvgIpc) is 3.48. The summed E-state index contributed by atoms with van der Waals surface area (Å²) in [4.78, 5) is 37.9. The Morgan fingerprint density at radius 1 is 1.23 bits per heavy atom. The van der Waals surface area contributed by atoms with E-state index in [1.165, 1.54) is 17.7 Å². The number of halogens is 1. The quantitative estimate of drug-likeness (QED) is 0.474. The molecule has 0 spiro atoms. The van der Waals surface area contributed by atoms with Crippen LogP contribution in [0.1, 0.15) is 44.8 Å². The number of aromatic nitrogens is 2. The van der Waals surface area contributed by atoms with Gasteiger partial charge in [-0.05, 0) is 43.5 Å². The Labute approximate surface area is 189 Å². The molecular weight excluding hydrogens is 515 g/mol. The van der Waals surface area contributed by atoms with Crippen molar-refractivity contribution >= 4 is 53.0 Å². The van der Waals surface area contributed by atoms with Gasteiger partial charge in [-0.1, -0.05) is 12.1 Å². The van der Waals surface area contributed by atoms with E-state index >= 15 is 0 Å². The molecule has 0 radical (unpaired) electrons.